The number of urea groups is 1. The number of amides is 5. The van der Waals surface area contributed by atoms with Crippen molar-refractivity contribution in [3.8, 4) is 0 Å². The minimum absolute atomic E-state index is 0.0263. The van der Waals surface area contributed by atoms with Crippen LogP contribution in [0.3, 0.4) is 0 Å². The highest BCUT2D eigenvalue weighted by Crippen LogP contribution is 2.65. The van der Waals surface area contributed by atoms with E-state index >= 15 is 0 Å². The Morgan fingerprint density at radius 3 is 2.13 bits per heavy atom. The maximum atomic E-state index is 14.5. The number of Topliss-reactive ketones (excluding diaryl/α,β-unsaturated/α-hetero) is 1. The largest absolute Gasteiger partial charge is 0.346 e. The number of fused-ring (bicyclic) bond motifs is 1. The van der Waals surface area contributed by atoms with Crippen LogP contribution in [0.5, 0.6) is 0 Å². The van der Waals surface area contributed by atoms with Gasteiger partial charge < -0.3 is 26.2 Å². The topological polar surface area (TPSA) is 174 Å². The molecule has 3 fully saturated rings. The number of piperidine rings is 1. The molecule has 0 aromatic heterocycles. The van der Waals surface area contributed by atoms with E-state index < -0.39 is 74.6 Å². The summed E-state index contributed by atoms with van der Waals surface area (Å²) in [6.07, 6.45) is 4.67. The van der Waals surface area contributed by atoms with Gasteiger partial charge in [-0.25, -0.2) is 13.2 Å². The zero-order valence-electron chi connectivity index (χ0n) is 32.8. The van der Waals surface area contributed by atoms with Crippen LogP contribution < -0.4 is 21.3 Å². The molecule has 3 aliphatic rings. The Hall–Kier alpha value is -3.78. The van der Waals surface area contributed by atoms with Crippen molar-refractivity contribution in [1.82, 2.24) is 30.5 Å². The SMILES string of the molecule is C=CCNC(=O)C(=O)C(CC1CCC1)NC(=O)[C@@H]1[C@@H]2[C@H](CN1C(=O)[C@@H](NC(=O)N[C@H](CN(C)S(=O)(=O)c1ccccc1)C(C)(C)C)C(C)(C)C)C2(C)C. The van der Waals surface area contributed by atoms with Crippen molar-refractivity contribution < 1.29 is 32.4 Å². The third-order valence-corrected chi connectivity index (χ3v) is 13.3. The smallest absolute Gasteiger partial charge is 0.315 e. The second-order valence-electron chi connectivity index (χ2n) is 17.8. The van der Waals surface area contributed by atoms with Crippen LogP contribution >= 0.6 is 0 Å². The minimum atomic E-state index is -3.84. The van der Waals surface area contributed by atoms with Gasteiger partial charge in [0.05, 0.1) is 10.9 Å². The highest BCUT2D eigenvalue weighted by molar-refractivity contribution is 7.89. The van der Waals surface area contributed by atoms with Gasteiger partial charge in [0.1, 0.15) is 12.1 Å². The summed E-state index contributed by atoms with van der Waals surface area (Å²) >= 11 is 0. The molecule has 5 amide bonds. The van der Waals surface area contributed by atoms with Gasteiger partial charge in [-0.05, 0) is 52.6 Å². The first kappa shape index (κ1) is 42.0. The molecule has 1 aliphatic heterocycles. The molecule has 1 aromatic carbocycles. The van der Waals surface area contributed by atoms with E-state index in [2.05, 4.69) is 41.7 Å². The Bertz CT molecular complexity index is 1660. The number of carbonyl (C=O) groups excluding carboxylic acids is 5. The van der Waals surface area contributed by atoms with Crippen LogP contribution in [0.1, 0.15) is 81.1 Å². The van der Waals surface area contributed by atoms with Gasteiger partial charge in [-0.3, -0.25) is 19.2 Å². The number of hydrogen-bond acceptors (Lipinski definition) is 7. The number of sulfonamides is 1. The summed E-state index contributed by atoms with van der Waals surface area (Å²) < 4.78 is 27.8. The molecule has 0 spiro atoms. The monoisotopic (exact) mass is 756 g/mol. The fraction of sp³-hybridized carbons (Fsp3) is 0.667. The minimum Gasteiger partial charge on any atom is -0.346 e. The summed E-state index contributed by atoms with van der Waals surface area (Å²) in [5.74, 6) is -2.35. The van der Waals surface area contributed by atoms with Crippen molar-refractivity contribution >= 4 is 39.6 Å². The molecule has 1 unspecified atom stereocenters. The molecule has 294 valence electrons. The lowest BCUT2D eigenvalue weighted by Crippen LogP contribution is -2.62. The predicted molar refractivity (Wildman–Crippen MR) is 203 cm³/mol. The fourth-order valence-corrected chi connectivity index (χ4v) is 8.79. The maximum Gasteiger partial charge on any atom is 0.315 e. The van der Waals surface area contributed by atoms with Crippen LogP contribution in [0.15, 0.2) is 47.9 Å². The lowest BCUT2D eigenvalue weighted by molar-refractivity contribution is -0.145. The number of hydrogen-bond donors (Lipinski definition) is 4. The maximum absolute atomic E-state index is 14.5. The van der Waals surface area contributed by atoms with E-state index in [4.69, 9.17) is 0 Å². The van der Waals surface area contributed by atoms with Gasteiger partial charge in [-0.2, -0.15) is 4.31 Å². The van der Waals surface area contributed by atoms with Gasteiger partial charge in [0, 0.05) is 32.7 Å². The van der Waals surface area contributed by atoms with E-state index in [0.717, 1.165) is 19.3 Å². The van der Waals surface area contributed by atoms with E-state index in [-0.39, 0.29) is 41.2 Å². The summed E-state index contributed by atoms with van der Waals surface area (Å²) in [6, 6.07) is 3.78. The number of likely N-dealkylation sites (N-methyl/N-ethyl adjacent to an activating group) is 1. The van der Waals surface area contributed by atoms with Crippen LogP contribution in [0.25, 0.3) is 0 Å². The Labute approximate surface area is 315 Å². The molecular formula is C39H60N6O7S. The second kappa shape index (κ2) is 15.9. The second-order valence-corrected chi connectivity index (χ2v) is 19.8. The Kier molecular flexibility index (Phi) is 12.6. The molecule has 0 bridgehead atoms. The molecule has 0 radical (unpaired) electrons. The predicted octanol–water partition coefficient (Wildman–Crippen LogP) is 3.47. The molecule has 14 heteroatoms. The van der Waals surface area contributed by atoms with Crippen molar-refractivity contribution in [2.45, 2.75) is 110 Å². The normalized spacial score (nSPS) is 22.8. The van der Waals surface area contributed by atoms with Gasteiger partial charge >= 0.3 is 6.03 Å². The van der Waals surface area contributed by atoms with Gasteiger partial charge in [0.25, 0.3) is 5.91 Å². The number of carbonyl (C=O) groups is 5. The van der Waals surface area contributed by atoms with Crippen LogP contribution in [0, 0.1) is 34.0 Å². The third kappa shape index (κ3) is 9.48. The first-order valence-corrected chi connectivity index (χ1v) is 20.1. The molecule has 2 aliphatic carbocycles. The number of nitrogens with one attached hydrogen (secondary N) is 4. The third-order valence-electron chi connectivity index (χ3n) is 11.4. The number of likely N-dealkylation sites (tertiary alicyclic amines) is 1. The molecular weight excluding hydrogens is 697 g/mol. The average Bonchev–Trinajstić information content (AvgIpc) is 3.36. The quantitative estimate of drug-likeness (QED) is 0.157. The Morgan fingerprint density at radius 2 is 1.60 bits per heavy atom. The summed E-state index contributed by atoms with van der Waals surface area (Å²) in [6.45, 7) is 19.2. The highest BCUT2D eigenvalue weighted by atomic mass is 32.2. The average molecular weight is 757 g/mol. The molecule has 4 N–H and O–H groups in total. The number of benzene rings is 1. The first-order valence-electron chi connectivity index (χ1n) is 18.6. The van der Waals surface area contributed by atoms with Crippen LogP contribution in [-0.2, 0) is 29.2 Å². The molecule has 53 heavy (non-hydrogen) atoms. The number of nitrogens with zero attached hydrogens (tertiary/aromatic N) is 2. The zero-order chi connectivity index (χ0) is 39.7. The van der Waals surface area contributed by atoms with Crippen molar-refractivity contribution in [3.63, 3.8) is 0 Å². The van der Waals surface area contributed by atoms with Crippen LogP contribution in [0.4, 0.5) is 4.79 Å². The van der Waals surface area contributed by atoms with Gasteiger partial charge in [-0.15, -0.1) is 6.58 Å². The summed E-state index contributed by atoms with van der Waals surface area (Å²) in [5, 5.41) is 11.2. The molecule has 1 saturated heterocycles. The van der Waals surface area contributed by atoms with E-state index in [9.17, 15) is 32.4 Å². The van der Waals surface area contributed by atoms with Crippen molar-refractivity contribution in [3.05, 3.63) is 43.0 Å². The molecule has 2 saturated carbocycles. The summed E-state index contributed by atoms with van der Waals surface area (Å²) in [4.78, 5) is 70.1. The van der Waals surface area contributed by atoms with Crippen molar-refractivity contribution in [1.29, 1.82) is 0 Å². The van der Waals surface area contributed by atoms with Gasteiger partial charge in [-0.1, -0.05) is 98.9 Å². The highest BCUT2D eigenvalue weighted by Gasteiger charge is 2.70. The lowest BCUT2D eigenvalue weighted by Gasteiger charge is -2.39. The van der Waals surface area contributed by atoms with Crippen molar-refractivity contribution in [2.24, 2.45) is 34.0 Å². The molecule has 1 heterocycles. The lowest BCUT2D eigenvalue weighted by atomic mass is 9.80. The van der Waals surface area contributed by atoms with E-state index in [1.54, 1.807) is 18.2 Å². The molecule has 13 nitrogen and oxygen atoms in total. The molecule has 4 rings (SSSR count). The van der Waals surface area contributed by atoms with Gasteiger partial charge in [0.2, 0.25) is 27.6 Å². The van der Waals surface area contributed by atoms with Gasteiger partial charge in [0.15, 0.2) is 0 Å². The van der Waals surface area contributed by atoms with E-state index in [0.29, 0.717) is 13.0 Å². The fourth-order valence-electron chi connectivity index (χ4n) is 7.58. The van der Waals surface area contributed by atoms with Crippen molar-refractivity contribution in [2.75, 3.05) is 26.7 Å². The summed E-state index contributed by atoms with van der Waals surface area (Å²) in [5.41, 5.74) is -1.57. The molecule has 6 atom stereocenters. The van der Waals surface area contributed by atoms with E-state index in [1.165, 1.54) is 34.5 Å². The summed E-state index contributed by atoms with van der Waals surface area (Å²) in [7, 11) is -2.37. The number of rotatable bonds is 15. The number of ketones is 1. The Morgan fingerprint density at radius 1 is 0.981 bits per heavy atom. The zero-order valence-corrected chi connectivity index (χ0v) is 33.6. The van der Waals surface area contributed by atoms with E-state index in [1.807, 2.05) is 41.5 Å². The molecule has 1 aromatic rings. The first-order chi connectivity index (χ1) is 24.5. The standard InChI is InChI=1S/C39H60N6O7S/c1-11-20-40-34(48)31(46)27(21-24-16-15-17-24)41-33(47)30-29-26(39(29,8)9)22-45(30)35(49)32(38(5,6)7)43-36(50)42-28(37(2,3)4)23-44(10)53(51,52)25-18-13-12-14-19-25/h11-14,18-19,24,26-30,32H,1,15-17,20-23H2,2-10H3,(H,40,48)(H,41,47)(H2,42,43,50)/t26-,27?,28+,29-,30-,32+/m0/s1. The van der Waals surface area contributed by atoms with Crippen LogP contribution in [0.2, 0.25) is 0 Å². The van der Waals surface area contributed by atoms with Crippen LogP contribution in [-0.4, -0.2) is 98.0 Å². The Balaban J connectivity index is 1.53.